The Labute approximate surface area is 304 Å². The molecule has 3 heterocycles. The molecule has 1 spiro atoms. The molecular weight excluding hydrogens is 672 g/mol. The molecule has 11 heteroatoms. The zero-order valence-electron chi connectivity index (χ0n) is 29.9. The number of hydrogen-bond acceptors (Lipinski definition) is 8. The van der Waals surface area contributed by atoms with Gasteiger partial charge in [-0.1, -0.05) is 36.7 Å². The van der Waals surface area contributed by atoms with Gasteiger partial charge in [-0.05, 0) is 105 Å². The fourth-order valence-corrected chi connectivity index (χ4v) is 10.0. The molecular formula is C39H53ClN4O5S. The lowest BCUT2D eigenvalue weighted by Gasteiger charge is -2.46. The molecule has 2 aromatic rings. The number of rotatable bonds is 6. The number of fused-ring (bicyclic) bond motifs is 4. The van der Waals surface area contributed by atoms with Crippen molar-refractivity contribution in [1.82, 2.24) is 9.80 Å². The first kappa shape index (κ1) is 35.9. The number of thiol groups is 1. The van der Waals surface area contributed by atoms with Crippen molar-refractivity contribution in [3.8, 4) is 5.75 Å². The molecule has 0 aromatic heterocycles. The Morgan fingerprint density at radius 2 is 1.92 bits per heavy atom. The fraction of sp³-hybridized carbons (Fsp3) is 0.615. The minimum atomic E-state index is -2.14. The van der Waals surface area contributed by atoms with E-state index < -0.39 is 16.5 Å². The monoisotopic (exact) mass is 724 g/mol. The number of benzene rings is 2. The topological polar surface area (TPSA) is 83.9 Å². The molecule has 2 aromatic carbocycles. The summed E-state index contributed by atoms with van der Waals surface area (Å²) < 4.78 is 36.9. The lowest BCUT2D eigenvalue weighted by atomic mass is 9.68. The summed E-state index contributed by atoms with van der Waals surface area (Å²) in [5.74, 6) is 1.24. The molecule has 2 fully saturated rings. The molecule has 1 saturated carbocycles. The van der Waals surface area contributed by atoms with E-state index in [2.05, 4.69) is 57.4 Å². The lowest BCUT2D eigenvalue weighted by molar-refractivity contribution is 0.000503. The van der Waals surface area contributed by atoms with Crippen LogP contribution in [0.15, 0.2) is 52.9 Å². The number of ether oxygens (including phenoxy) is 3. The van der Waals surface area contributed by atoms with Crippen molar-refractivity contribution in [2.75, 3.05) is 77.8 Å². The van der Waals surface area contributed by atoms with Gasteiger partial charge >= 0.3 is 0 Å². The number of likely N-dealkylation sites (N-methyl/N-ethyl adjacent to an activating group) is 1. The van der Waals surface area contributed by atoms with Gasteiger partial charge in [0.1, 0.15) is 5.75 Å². The van der Waals surface area contributed by atoms with Crippen molar-refractivity contribution < 1.29 is 23.2 Å². The molecule has 50 heavy (non-hydrogen) atoms. The van der Waals surface area contributed by atoms with Crippen LogP contribution in [0.4, 0.5) is 5.69 Å². The summed E-state index contributed by atoms with van der Waals surface area (Å²) in [5, 5.41) is 0.765. The molecule has 0 radical (unpaired) electrons. The highest BCUT2D eigenvalue weighted by molar-refractivity contribution is 7.75. The number of halogens is 1. The molecule has 5 aliphatic rings. The minimum absolute atomic E-state index is 0.0586. The summed E-state index contributed by atoms with van der Waals surface area (Å²) in [7, 11) is 3.91. The third-order valence-corrected chi connectivity index (χ3v) is 13.5. The number of anilines is 1. The minimum Gasteiger partial charge on any atom is -0.490 e. The maximum absolute atomic E-state index is 13.5. The van der Waals surface area contributed by atoms with Crippen LogP contribution in [0.5, 0.6) is 5.75 Å². The standard InChI is InChI=1S/C39H53ClN4O5S/c1-26-23-50(46)41-38(45)28-8-12-37-34(19-28)44(24-39(25-49-37)15-5-6-27-18-30(40)9-11-33(27)39)20-29-7-10-32(29)36(47-4)14-13-35(26)48-17-16-43-21-31(22-43)42(2)3/h8-9,11-14,18-19,26,29,31-32,35-36,50H,5-7,10,15-17,20-25H2,1-4H3/b14-13+/t26-,29+,32-,35+,36+,39+/m1/s1. The third kappa shape index (κ3) is 7.53. The lowest BCUT2D eigenvalue weighted by Crippen LogP contribution is -2.57. The van der Waals surface area contributed by atoms with Gasteiger partial charge in [0, 0.05) is 78.2 Å². The van der Waals surface area contributed by atoms with Gasteiger partial charge < -0.3 is 24.0 Å². The molecule has 7 atom stereocenters. The predicted octanol–water partition coefficient (Wildman–Crippen LogP) is 5.50. The highest BCUT2D eigenvalue weighted by Crippen LogP contribution is 2.47. The van der Waals surface area contributed by atoms with Crippen molar-refractivity contribution in [2.45, 2.75) is 62.7 Å². The van der Waals surface area contributed by atoms with Crippen LogP contribution in [0.1, 0.15) is 54.1 Å². The molecule has 2 aliphatic carbocycles. The molecule has 1 unspecified atom stereocenters. The highest BCUT2D eigenvalue weighted by atomic mass is 35.5. The van der Waals surface area contributed by atoms with Crippen molar-refractivity contribution in [2.24, 2.45) is 22.1 Å². The number of carbonyl (C=O) groups excluding carboxylic acids is 1. The van der Waals surface area contributed by atoms with Gasteiger partial charge in [0.2, 0.25) is 0 Å². The van der Waals surface area contributed by atoms with E-state index in [-0.39, 0.29) is 29.3 Å². The molecule has 1 saturated heterocycles. The maximum atomic E-state index is 13.5. The summed E-state index contributed by atoms with van der Waals surface area (Å²) in [6.45, 7) is 7.71. The summed E-state index contributed by atoms with van der Waals surface area (Å²) in [4.78, 5) is 20.7. The van der Waals surface area contributed by atoms with Gasteiger partial charge in [0.25, 0.3) is 5.91 Å². The van der Waals surface area contributed by atoms with E-state index in [1.807, 2.05) is 25.1 Å². The van der Waals surface area contributed by atoms with Gasteiger partial charge in [-0.2, -0.15) is 4.36 Å². The van der Waals surface area contributed by atoms with Crippen LogP contribution in [0.25, 0.3) is 0 Å². The molecule has 3 aliphatic heterocycles. The number of carbonyl (C=O) groups is 1. The SMILES string of the molecule is CO[C@H]1/C=C/[C@H](OCCN2CC(N(C)C)C2)[C@H](C)C/[SH](=O)=N\C(=O)c2ccc3c(c2)N(C[C@@H]2CC[C@H]21)C[C@@]1(CCCc2cc(Cl)ccc21)CO3. The Hall–Kier alpha value is -2.47. The molecule has 272 valence electrons. The van der Waals surface area contributed by atoms with Gasteiger partial charge in [-0.25, -0.2) is 0 Å². The first-order chi connectivity index (χ1) is 24.1. The van der Waals surface area contributed by atoms with Crippen molar-refractivity contribution in [3.63, 3.8) is 0 Å². The van der Waals surface area contributed by atoms with Gasteiger partial charge in [0.05, 0.1) is 31.1 Å². The maximum Gasteiger partial charge on any atom is 0.284 e. The Bertz CT molecular complexity index is 1670. The second-order valence-corrected chi connectivity index (χ2v) is 17.2. The average molecular weight is 725 g/mol. The number of likely N-dealkylation sites (tertiary alicyclic amines) is 1. The van der Waals surface area contributed by atoms with Gasteiger partial charge in [-0.15, -0.1) is 0 Å². The number of aryl methyl sites for hydroxylation is 1. The first-order valence-electron chi connectivity index (χ1n) is 18.4. The largest absolute Gasteiger partial charge is 0.490 e. The Kier molecular flexibility index (Phi) is 11.0. The van der Waals surface area contributed by atoms with E-state index in [1.54, 1.807) is 13.2 Å². The van der Waals surface area contributed by atoms with Gasteiger partial charge in [-0.3, -0.25) is 13.9 Å². The van der Waals surface area contributed by atoms with Crippen molar-refractivity contribution in [3.05, 3.63) is 70.3 Å². The zero-order chi connectivity index (χ0) is 35.0. The second-order valence-electron chi connectivity index (χ2n) is 15.5. The number of methoxy groups -OCH3 is 1. The smallest absolute Gasteiger partial charge is 0.284 e. The molecule has 1 amide bonds. The third-order valence-electron chi connectivity index (χ3n) is 12.0. The van der Waals surface area contributed by atoms with E-state index in [0.29, 0.717) is 36.7 Å². The van der Waals surface area contributed by atoms with E-state index >= 15 is 0 Å². The van der Waals surface area contributed by atoms with Crippen molar-refractivity contribution in [1.29, 1.82) is 0 Å². The van der Waals surface area contributed by atoms with Crippen LogP contribution in [-0.4, -0.2) is 111 Å². The summed E-state index contributed by atoms with van der Waals surface area (Å²) in [5.41, 5.74) is 3.74. The van der Waals surface area contributed by atoms with Crippen LogP contribution >= 0.6 is 11.6 Å². The van der Waals surface area contributed by atoms with Crippen molar-refractivity contribution >= 4 is 33.8 Å². The Morgan fingerprint density at radius 3 is 2.68 bits per heavy atom. The van der Waals surface area contributed by atoms with E-state index in [4.69, 9.17) is 25.8 Å². The summed E-state index contributed by atoms with van der Waals surface area (Å²) in [6.07, 6.45) is 9.25. The molecule has 7 rings (SSSR count). The molecule has 0 N–H and O–H groups in total. The average Bonchev–Trinajstić information content (AvgIpc) is 3.20. The number of hydrogen-bond donors (Lipinski definition) is 1. The second kappa shape index (κ2) is 15.2. The van der Waals surface area contributed by atoms with E-state index in [0.717, 1.165) is 81.3 Å². The summed E-state index contributed by atoms with van der Waals surface area (Å²) >= 11 is 6.46. The normalized spacial score (nSPS) is 32.9. The first-order valence-corrected chi connectivity index (χ1v) is 20.1. The molecule has 2 bridgehead atoms. The molecule has 9 nitrogen and oxygen atoms in total. The summed E-state index contributed by atoms with van der Waals surface area (Å²) in [6, 6.07) is 12.5. The van der Waals surface area contributed by atoms with Gasteiger partial charge in [0.15, 0.2) is 0 Å². The van der Waals surface area contributed by atoms with Crippen LogP contribution in [0.2, 0.25) is 5.02 Å². The Balaban J connectivity index is 1.18. The van der Waals surface area contributed by atoms with E-state index in [9.17, 15) is 9.00 Å². The quantitative estimate of drug-likeness (QED) is 0.309. The fourth-order valence-electron chi connectivity index (χ4n) is 8.73. The van der Waals surface area contributed by atoms with Crippen LogP contribution in [0.3, 0.4) is 0 Å². The van der Waals surface area contributed by atoms with Crippen LogP contribution in [-0.2, 0) is 31.9 Å². The number of amides is 1. The number of nitrogens with zero attached hydrogens (tertiary/aromatic N) is 4. The zero-order valence-corrected chi connectivity index (χ0v) is 31.6. The van der Waals surface area contributed by atoms with E-state index in [1.165, 1.54) is 11.1 Å². The highest BCUT2D eigenvalue weighted by Gasteiger charge is 2.44. The van der Waals surface area contributed by atoms with Crippen LogP contribution in [0, 0.1) is 17.8 Å². The predicted molar refractivity (Wildman–Crippen MR) is 200 cm³/mol. The Morgan fingerprint density at radius 1 is 1.10 bits per heavy atom. The van der Waals surface area contributed by atoms with Crippen LogP contribution < -0.4 is 9.64 Å².